The molecule has 0 aliphatic rings. The molecule has 6 nitrogen and oxygen atoms in total. The van der Waals surface area contributed by atoms with Crippen LogP contribution in [0.25, 0.3) is 10.2 Å². The second-order valence-corrected chi connectivity index (χ2v) is 7.68. The van der Waals surface area contributed by atoms with Crippen molar-refractivity contribution in [2.75, 3.05) is 12.3 Å². The summed E-state index contributed by atoms with van der Waals surface area (Å²) in [5, 5.41) is 5.00. The third-order valence-corrected chi connectivity index (χ3v) is 5.42. The highest BCUT2D eigenvalue weighted by atomic mass is 32.2. The van der Waals surface area contributed by atoms with Gasteiger partial charge in [0.05, 0.1) is 6.33 Å². The summed E-state index contributed by atoms with van der Waals surface area (Å²) >= 11 is 3.28. The number of imidazole rings is 1. The molecule has 8 heteroatoms. The van der Waals surface area contributed by atoms with E-state index in [1.54, 1.807) is 42.0 Å². The first-order valence-corrected chi connectivity index (χ1v) is 9.59. The molecule has 3 rings (SSSR count). The smallest absolute Gasteiger partial charge is 0.220 e. The van der Waals surface area contributed by atoms with Gasteiger partial charge in [-0.1, -0.05) is 0 Å². The highest BCUT2D eigenvalue weighted by Gasteiger charge is 2.08. The molecule has 0 fully saturated rings. The number of aromatic nitrogens is 4. The zero-order chi connectivity index (χ0) is 16.8. The van der Waals surface area contributed by atoms with Gasteiger partial charge in [0.2, 0.25) is 5.91 Å². The minimum atomic E-state index is 0.0833. The number of hydrogen-bond acceptors (Lipinski definition) is 6. The molecule has 3 aromatic heterocycles. The average Bonchev–Trinajstić information content (AvgIpc) is 3.20. The van der Waals surface area contributed by atoms with Gasteiger partial charge in [-0.15, -0.1) is 23.1 Å². The fourth-order valence-electron chi connectivity index (χ4n) is 2.31. The molecule has 0 aliphatic carbocycles. The Kier molecular flexibility index (Phi) is 5.81. The second-order valence-electron chi connectivity index (χ2n) is 5.36. The zero-order valence-electron chi connectivity index (χ0n) is 13.4. The number of rotatable bonds is 8. The molecule has 0 saturated heterocycles. The van der Waals surface area contributed by atoms with Crippen molar-refractivity contribution in [3.63, 3.8) is 0 Å². The van der Waals surface area contributed by atoms with Crippen molar-refractivity contribution in [3.8, 4) is 0 Å². The quantitative estimate of drug-likeness (QED) is 0.379. The Morgan fingerprint density at radius 2 is 2.33 bits per heavy atom. The van der Waals surface area contributed by atoms with Crippen LogP contribution >= 0.6 is 23.1 Å². The molecule has 0 saturated carbocycles. The Hall–Kier alpha value is -1.93. The third-order valence-electron chi connectivity index (χ3n) is 3.46. The van der Waals surface area contributed by atoms with Crippen LogP contribution in [0.4, 0.5) is 0 Å². The number of amides is 1. The number of thiophene rings is 1. The Balaban J connectivity index is 1.38. The van der Waals surface area contributed by atoms with Gasteiger partial charge in [-0.3, -0.25) is 4.79 Å². The lowest BCUT2D eigenvalue weighted by Gasteiger charge is -2.06. The number of nitrogens with one attached hydrogen (secondary N) is 1. The van der Waals surface area contributed by atoms with Gasteiger partial charge in [-0.25, -0.2) is 15.0 Å². The minimum absolute atomic E-state index is 0.0833. The number of thioether (sulfide) groups is 1. The standard InChI is InChI=1S/C16H19N5OS2/c1-12-9-13-15(19-10-20-16(13)24-12)23-8-3-14(22)18-4-2-6-21-7-5-17-11-21/h5,7,9-11H,2-4,6,8H2,1H3,(H,18,22). The van der Waals surface area contributed by atoms with E-state index in [0.717, 1.165) is 28.2 Å². The molecule has 0 unspecified atom stereocenters. The molecular formula is C16H19N5OS2. The number of aryl methyl sites for hydroxylation is 2. The van der Waals surface area contributed by atoms with Crippen LogP contribution in [-0.4, -0.2) is 37.7 Å². The van der Waals surface area contributed by atoms with Crippen molar-refractivity contribution < 1.29 is 4.79 Å². The van der Waals surface area contributed by atoms with Crippen LogP contribution in [0.15, 0.2) is 36.1 Å². The normalized spacial score (nSPS) is 11.0. The molecule has 0 aromatic carbocycles. The van der Waals surface area contributed by atoms with Gasteiger partial charge in [0.1, 0.15) is 16.2 Å². The summed E-state index contributed by atoms with van der Waals surface area (Å²) in [5.41, 5.74) is 0. The highest BCUT2D eigenvalue weighted by molar-refractivity contribution is 7.99. The summed E-state index contributed by atoms with van der Waals surface area (Å²) in [6.07, 6.45) is 8.45. The van der Waals surface area contributed by atoms with Crippen LogP contribution < -0.4 is 5.32 Å². The predicted molar refractivity (Wildman–Crippen MR) is 97.3 cm³/mol. The molecule has 126 valence electrons. The van der Waals surface area contributed by atoms with Crippen LogP contribution in [0, 0.1) is 6.92 Å². The summed E-state index contributed by atoms with van der Waals surface area (Å²) in [6, 6.07) is 2.11. The van der Waals surface area contributed by atoms with E-state index in [2.05, 4.69) is 33.3 Å². The van der Waals surface area contributed by atoms with Crippen molar-refractivity contribution >= 4 is 39.2 Å². The summed E-state index contributed by atoms with van der Waals surface area (Å²) in [4.78, 5) is 26.7. The summed E-state index contributed by atoms with van der Waals surface area (Å²) in [6.45, 7) is 3.62. The van der Waals surface area contributed by atoms with Gasteiger partial charge in [-0.2, -0.15) is 0 Å². The zero-order valence-corrected chi connectivity index (χ0v) is 15.1. The second kappa shape index (κ2) is 8.25. The maximum Gasteiger partial charge on any atom is 0.220 e. The van der Waals surface area contributed by atoms with E-state index in [4.69, 9.17) is 0 Å². The fraction of sp³-hybridized carbons (Fsp3) is 0.375. The molecule has 24 heavy (non-hydrogen) atoms. The van der Waals surface area contributed by atoms with Crippen molar-refractivity contribution in [2.24, 2.45) is 0 Å². The largest absolute Gasteiger partial charge is 0.356 e. The third kappa shape index (κ3) is 4.55. The highest BCUT2D eigenvalue weighted by Crippen LogP contribution is 2.30. The lowest BCUT2D eigenvalue weighted by molar-refractivity contribution is -0.120. The number of fused-ring (bicyclic) bond motifs is 1. The van der Waals surface area contributed by atoms with E-state index in [9.17, 15) is 4.79 Å². The molecule has 3 heterocycles. The first-order chi connectivity index (χ1) is 11.7. The van der Waals surface area contributed by atoms with Crippen molar-refractivity contribution in [3.05, 3.63) is 36.0 Å². The first kappa shape index (κ1) is 16.9. The molecule has 0 spiro atoms. The number of carbonyl (C=O) groups excluding carboxylic acids is 1. The Morgan fingerprint density at radius 1 is 1.42 bits per heavy atom. The lowest BCUT2D eigenvalue weighted by Crippen LogP contribution is -2.25. The fourth-order valence-corrected chi connectivity index (χ4v) is 4.13. The SMILES string of the molecule is Cc1cc2c(SCCC(=O)NCCCn3ccnc3)ncnc2s1. The van der Waals surface area contributed by atoms with E-state index in [0.29, 0.717) is 18.7 Å². The van der Waals surface area contributed by atoms with Crippen LogP contribution in [-0.2, 0) is 11.3 Å². The van der Waals surface area contributed by atoms with Gasteiger partial charge in [0, 0.05) is 47.9 Å². The summed E-state index contributed by atoms with van der Waals surface area (Å²) < 4.78 is 2.01. The Bertz CT molecular complexity index is 800. The van der Waals surface area contributed by atoms with Gasteiger partial charge >= 0.3 is 0 Å². The number of nitrogens with zero attached hydrogens (tertiary/aromatic N) is 4. The Morgan fingerprint density at radius 3 is 3.17 bits per heavy atom. The van der Waals surface area contributed by atoms with E-state index < -0.39 is 0 Å². The summed E-state index contributed by atoms with van der Waals surface area (Å²) in [5.74, 6) is 0.800. The van der Waals surface area contributed by atoms with E-state index in [1.165, 1.54) is 4.88 Å². The van der Waals surface area contributed by atoms with E-state index >= 15 is 0 Å². The first-order valence-electron chi connectivity index (χ1n) is 7.79. The van der Waals surface area contributed by atoms with E-state index in [-0.39, 0.29) is 5.91 Å². The topological polar surface area (TPSA) is 72.7 Å². The predicted octanol–water partition coefficient (Wildman–Crippen LogP) is 2.88. The van der Waals surface area contributed by atoms with Gasteiger partial charge in [-0.05, 0) is 19.4 Å². The van der Waals surface area contributed by atoms with Gasteiger partial charge in [0.15, 0.2) is 0 Å². The van der Waals surface area contributed by atoms with Crippen molar-refractivity contribution in [2.45, 2.75) is 31.3 Å². The van der Waals surface area contributed by atoms with Gasteiger partial charge < -0.3 is 9.88 Å². The maximum atomic E-state index is 11.9. The lowest BCUT2D eigenvalue weighted by atomic mass is 10.4. The molecule has 0 atom stereocenters. The number of carbonyl (C=O) groups is 1. The summed E-state index contributed by atoms with van der Waals surface area (Å²) in [7, 11) is 0. The van der Waals surface area contributed by atoms with Crippen LogP contribution in [0.1, 0.15) is 17.7 Å². The Labute approximate surface area is 148 Å². The average molecular weight is 361 g/mol. The number of hydrogen-bond donors (Lipinski definition) is 1. The maximum absolute atomic E-state index is 11.9. The van der Waals surface area contributed by atoms with Crippen LogP contribution in [0.3, 0.4) is 0 Å². The van der Waals surface area contributed by atoms with Crippen LogP contribution in [0.5, 0.6) is 0 Å². The minimum Gasteiger partial charge on any atom is -0.356 e. The van der Waals surface area contributed by atoms with E-state index in [1.807, 2.05) is 10.8 Å². The molecule has 1 N–H and O–H groups in total. The van der Waals surface area contributed by atoms with Crippen molar-refractivity contribution in [1.29, 1.82) is 0 Å². The van der Waals surface area contributed by atoms with Gasteiger partial charge in [0.25, 0.3) is 0 Å². The van der Waals surface area contributed by atoms with Crippen LogP contribution in [0.2, 0.25) is 0 Å². The molecule has 0 radical (unpaired) electrons. The molecule has 0 bridgehead atoms. The molecule has 0 aliphatic heterocycles. The molecule has 1 amide bonds. The molecular weight excluding hydrogens is 342 g/mol. The molecule has 3 aromatic rings. The van der Waals surface area contributed by atoms with Crippen molar-refractivity contribution in [1.82, 2.24) is 24.8 Å². The monoisotopic (exact) mass is 361 g/mol.